The first-order chi connectivity index (χ1) is 16.8. The topological polar surface area (TPSA) is 91.4 Å². The van der Waals surface area contributed by atoms with Gasteiger partial charge in [0.25, 0.3) is 16.0 Å². The maximum absolute atomic E-state index is 13.8. The third-order valence-electron chi connectivity index (χ3n) is 6.62. The maximum Gasteiger partial charge on any atom is 0.264 e. The van der Waals surface area contributed by atoms with Crippen molar-refractivity contribution >= 4 is 16.0 Å². The average molecular weight is 506 g/mol. The van der Waals surface area contributed by atoms with Crippen LogP contribution in [0.25, 0.3) is 0 Å². The smallest absolute Gasteiger partial charge is 0.264 e. The lowest BCUT2D eigenvalue weighted by Gasteiger charge is -2.42. The largest absolute Gasteiger partial charge is 0.376 e. The van der Waals surface area contributed by atoms with Gasteiger partial charge in [-0.05, 0) is 35.2 Å². The molecule has 2 saturated heterocycles. The van der Waals surface area contributed by atoms with Crippen LogP contribution in [0.2, 0.25) is 0 Å². The molecule has 0 saturated carbocycles. The molecule has 10 heteroatoms. The molecular weight excluding hydrogens is 477 g/mol. The van der Waals surface area contributed by atoms with E-state index in [1.54, 1.807) is 17.0 Å². The fourth-order valence-electron chi connectivity index (χ4n) is 4.91. The van der Waals surface area contributed by atoms with Crippen LogP contribution in [-0.2, 0) is 39.7 Å². The number of amides is 1. The number of benzene rings is 2. The second-order valence-corrected chi connectivity index (χ2v) is 10.8. The fourth-order valence-corrected chi connectivity index (χ4v) is 5.56. The lowest BCUT2D eigenvalue weighted by atomic mass is 9.87. The third-order valence-corrected chi connectivity index (χ3v) is 7.22. The fraction of sp³-hybridized carbons (Fsp3) is 0.480. The summed E-state index contributed by atoms with van der Waals surface area (Å²) >= 11 is 0. The van der Waals surface area contributed by atoms with E-state index in [4.69, 9.17) is 18.4 Å². The Morgan fingerprint density at radius 2 is 1.80 bits per heavy atom. The standard InChI is InChI=1S/C25H28FNO7S/c1-35(29,30)34-21-12-22(32-15-23(21)33-19-13-31-14-19)25(28)27-11-10-16-4-2-3-5-20(16)24(27)17-6-8-18(26)9-7-17/h2-9,19,21-24H,10-15H2,1H3/t21?,22?,23?,24-/m0/s1. The van der Waals surface area contributed by atoms with Crippen LogP contribution in [0.4, 0.5) is 4.39 Å². The average Bonchev–Trinajstić information content (AvgIpc) is 2.80. The van der Waals surface area contributed by atoms with E-state index in [0.717, 1.165) is 22.9 Å². The molecule has 0 N–H and O–H groups in total. The molecule has 0 aromatic heterocycles. The molecule has 3 aliphatic rings. The second kappa shape index (κ2) is 9.94. The van der Waals surface area contributed by atoms with Crippen LogP contribution in [0.15, 0.2) is 48.5 Å². The summed E-state index contributed by atoms with van der Waals surface area (Å²) in [5.41, 5.74) is 2.90. The Bertz CT molecular complexity index is 1170. The normalized spacial score (nSPS) is 27.2. The van der Waals surface area contributed by atoms with Gasteiger partial charge < -0.3 is 19.1 Å². The molecule has 0 bridgehead atoms. The molecule has 0 radical (unpaired) electrons. The second-order valence-electron chi connectivity index (χ2n) is 9.17. The molecule has 4 atom stereocenters. The van der Waals surface area contributed by atoms with Gasteiger partial charge in [0.15, 0.2) is 0 Å². The van der Waals surface area contributed by atoms with Gasteiger partial charge in [0.1, 0.15) is 30.2 Å². The summed E-state index contributed by atoms with van der Waals surface area (Å²) in [4.78, 5) is 15.5. The summed E-state index contributed by atoms with van der Waals surface area (Å²) in [6.45, 7) is 1.33. The zero-order valence-electron chi connectivity index (χ0n) is 19.3. The molecule has 35 heavy (non-hydrogen) atoms. The first kappa shape index (κ1) is 24.3. The minimum Gasteiger partial charge on any atom is -0.376 e. The van der Waals surface area contributed by atoms with Crippen molar-refractivity contribution in [2.75, 3.05) is 32.6 Å². The number of carbonyl (C=O) groups excluding carboxylic acids is 1. The highest BCUT2D eigenvalue weighted by Crippen LogP contribution is 2.37. The molecule has 3 unspecified atom stereocenters. The van der Waals surface area contributed by atoms with Crippen LogP contribution in [0.1, 0.15) is 29.2 Å². The highest BCUT2D eigenvalue weighted by molar-refractivity contribution is 7.86. The van der Waals surface area contributed by atoms with Gasteiger partial charge in [0, 0.05) is 13.0 Å². The Labute approximate surface area is 204 Å². The Kier molecular flexibility index (Phi) is 6.91. The van der Waals surface area contributed by atoms with Gasteiger partial charge in [0.2, 0.25) is 0 Å². The number of carbonyl (C=O) groups is 1. The summed E-state index contributed by atoms with van der Waals surface area (Å²) in [5, 5.41) is 0. The van der Waals surface area contributed by atoms with Crippen molar-refractivity contribution in [3.8, 4) is 0 Å². The third kappa shape index (κ3) is 5.41. The number of rotatable bonds is 6. The lowest BCUT2D eigenvalue weighted by molar-refractivity contribution is -0.210. The Morgan fingerprint density at radius 1 is 1.06 bits per heavy atom. The molecule has 0 spiro atoms. The Hall–Kier alpha value is -2.37. The maximum atomic E-state index is 13.8. The lowest BCUT2D eigenvalue weighted by Crippen LogP contribution is -2.54. The van der Waals surface area contributed by atoms with Gasteiger partial charge >= 0.3 is 0 Å². The molecule has 2 fully saturated rings. The molecule has 5 rings (SSSR count). The van der Waals surface area contributed by atoms with E-state index < -0.39 is 34.5 Å². The summed E-state index contributed by atoms with van der Waals surface area (Å²) < 4.78 is 59.8. The zero-order valence-corrected chi connectivity index (χ0v) is 20.2. The van der Waals surface area contributed by atoms with Crippen molar-refractivity contribution in [2.45, 2.75) is 43.3 Å². The first-order valence-electron chi connectivity index (χ1n) is 11.7. The molecule has 8 nitrogen and oxygen atoms in total. The minimum atomic E-state index is -3.78. The van der Waals surface area contributed by atoms with E-state index in [1.165, 1.54) is 12.1 Å². The SMILES string of the molecule is CS(=O)(=O)OC1CC(C(=O)N2CCc3ccccc3[C@@H]2c2ccc(F)cc2)OCC1OC1COC1. The van der Waals surface area contributed by atoms with Gasteiger partial charge in [-0.2, -0.15) is 8.42 Å². The molecule has 0 aliphatic carbocycles. The van der Waals surface area contributed by atoms with Crippen LogP contribution in [0.3, 0.4) is 0 Å². The Balaban J connectivity index is 1.40. The van der Waals surface area contributed by atoms with E-state index in [0.29, 0.717) is 26.2 Å². The van der Waals surface area contributed by atoms with Crippen molar-refractivity contribution in [3.63, 3.8) is 0 Å². The van der Waals surface area contributed by atoms with Crippen molar-refractivity contribution < 1.29 is 36.0 Å². The molecule has 2 aromatic rings. The summed E-state index contributed by atoms with van der Waals surface area (Å²) in [5.74, 6) is -0.614. The van der Waals surface area contributed by atoms with Crippen LogP contribution in [-0.4, -0.2) is 76.3 Å². The molecule has 188 valence electrons. The number of fused-ring (bicyclic) bond motifs is 1. The summed E-state index contributed by atoms with van der Waals surface area (Å²) in [7, 11) is -3.78. The molecule has 3 aliphatic heterocycles. The van der Waals surface area contributed by atoms with Crippen LogP contribution >= 0.6 is 0 Å². The highest BCUT2D eigenvalue weighted by Gasteiger charge is 2.43. The van der Waals surface area contributed by atoms with E-state index in [-0.39, 0.29) is 30.9 Å². The van der Waals surface area contributed by atoms with Crippen molar-refractivity contribution in [1.29, 1.82) is 0 Å². The van der Waals surface area contributed by atoms with Crippen molar-refractivity contribution in [2.24, 2.45) is 0 Å². The van der Waals surface area contributed by atoms with Crippen molar-refractivity contribution in [1.82, 2.24) is 4.90 Å². The first-order valence-corrected chi connectivity index (χ1v) is 13.5. The molecule has 2 aromatic carbocycles. The van der Waals surface area contributed by atoms with Gasteiger partial charge in [-0.3, -0.25) is 8.98 Å². The van der Waals surface area contributed by atoms with E-state index >= 15 is 0 Å². The van der Waals surface area contributed by atoms with E-state index in [9.17, 15) is 17.6 Å². The van der Waals surface area contributed by atoms with Crippen LogP contribution in [0.5, 0.6) is 0 Å². The number of nitrogens with zero attached hydrogens (tertiary/aromatic N) is 1. The summed E-state index contributed by atoms with van der Waals surface area (Å²) in [6, 6.07) is 13.6. The minimum absolute atomic E-state index is 0.0265. The van der Waals surface area contributed by atoms with Crippen LogP contribution < -0.4 is 0 Å². The summed E-state index contributed by atoms with van der Waals surface area (Å²) in [6.07, 6.45) is -0.834. The van der Waals surface area contributed by atoms with Crippen LogP contribution in [0, 0.1) is 5.82 Å². The van der Waals surface area contributed by atoms with Gasteiger partial charge in [-0.15, -0.1) is 0 Å². The highest BCUT2D eigenvalue weighted by atomic mass is 32.2. The van der Waals surface area contributed by atoms with E-state index in [2.05, 4.69) is 0 Å². The van der Waals surface area contributed by atoms with Gasteiger partial charge in [0.05, 0.1) is 32.1 Å². The monoisotopic (exact) mass is 505 g/mol. The van der Waals surface area contributed by atoms with Gasteiger partial charge in [-0.25, -0.2) is 4.39 Å². The Morgan fingerprint density at radius 3 is 2.49 bits per heavy atom. The number of hydrogen-bond acceptors (Lipinski definition) is 7. The van der Waals surface area contributed by atoms with Gasteiger partial charge in [-0.1, -0.05) is 36.4 Å². The predicted octanol–water partition coefficient (Wildman–Crippen LogP) is 2.22. The number of halogens is 1. The zero-order chi connectivity index (χ0) is 24.6. The van der Waals surface area contributed by atoms with E-state index in [1.807, 2.05) is 24.3 Å². The molecule has 1 amide bonds. The van der Waals surface area contributed by atoms with Crippen molar-refractivity contribution in [3.05, 3.63) is 71.0 Å². The quantitative estimate of drug-likeness (QED) is 0.556. The molecule has 3 heterocycles. The molecular formula is C25H28FNO7S. The number of hydrogen-bond donors (Lipinski definition) is 0. The predicted molar refractivity (Wildman–Crippen MR) is 124 cm³/mol. The number of ether oxygens (including phenoxy) is 3.